The monoisotopic (exact) mass is 321 g/mol. The maximum Gasteiger partial charge on any atom is 0.214 e. The van der Waals surface area contributed by atoms with Crippen molar-refractivity contribution in [3.63, 3.8) is 0 Å². The molecule has 0 amide bonds. The number of nitrogens with zero attached hydrogens (tertiary/aromatic N) is 1. The molecule has 0 radical (unpaired) electrons. The highest BCUT2D eigenvalue weighted by Crippen LogP contribution is 2.24. The minimum atomic E-state index is -3.37. The maximum atomic E-state index is 12.1. The van der Waals surface area contributed by atoms with E-state index in [1.807, 2.05) is 13.8 Å². The minimum absolute atomic E-state index is 0.0266. The third-order valence-corrected chi connectivity index (χ3v) is 7.36. The van der Waals surface area contributed by atoms with Gasteiger partial charge in [-0.25, -0.2) is 16.8 Å². The number of furan rings is 1. The first-order valence-electron chi connectivity index (χ1n) is 6.42. The van der Waals surface area contributed by atoms with Gasteiger partial charge in [-0.15, -0.1) is 0 Å². The largest absolute Gasteiger partial charge is 0.468 e. The van der Waals surface area contributed by atoms with E-state index < -0.39 is 25.1 Å². The molecule has 1 aliphatic rings. The van der Waals surface area contributed by atoms with Crippen molar-refractivity contribution in [3.8, 4) is 0 Å². The lowest BCUT2D eigenvalue weighted by atomic mass is 10.3. The lowest BCUT2D eigenvalue weighted by Crippen LogP contribution is -2.57. The van der Waals surface area contributed by atoms with Crippen molar-refractivity contribution in [3.05, 3.63) is 24.2 Å². The maximum absolute atomic E-state index is 12.1. The Labute approximate surface area is 119 Å². The summed E-state index contributed by atoms with van der Waals surface area (Å²) in [7, 11) is -6.70. The molecule has 0 aromatic carbocycles. The molecule has 20 heavy (non-hydrogen) atoms. The van der Waals surface area contributed by atoms with Gasteiger partial charge in [-0.2, -0.15) is 4.31 Å². The van der Waals surface area contributed by atoms with Gasteiger partial charge in [0.05, 0.1) is 17.3 Å². The smallest absolute Gasteiger partial charge is 0.214 e. The zero-order chi connectivity index (χ0) is 15.0. The number of sulfonamides is 1. The average molecular weight is 321 g/mol. The van der Waals surface area contributed by atoms with Gasteiger partial charge in [-0.05, 0) is 18.1 Å². The number of rotatable bonds is 6. The van der Waals surface area contributed by atoms with Gasteiger partial charge in [0, 0.05) is 13.1 Å². The van der Waals surface area contributed by atoms with Crippen LogP contribution in [0.5, 0.6) is 0 Å². The van der Waals surface area contributed by atoms with Gasteiger partial charge in [0.15, 0.2) is 9.84 Å². The van der Waals surface area contributed by atoms with Crippen LogP contribution >= 0.6 is 0 Å². The highest BCUT2D eigenvalue weighted by molar-refractivity contribution is 7.92. The Morgan fingerprint density at radius 3 is 2.45 bits per heavy atom. The van der Waals surface area contributed by atoms with E-state index in [2.05, 4.69) is 0 Å². The molecule has 6 nitrogen and oxygen atoms in total. The second kappa shape index (κ2) is 5.50. The van der Waals surface area contributed by atoms with Gasteiger partial charge in [-0.3, -0.25) is 0 Å². The van der Waals surface area contributed by atoms with E-state index in [4.69, 9.17) is 4.42 Å². The Morgan fingerprint density at radius 1 is 1.30 bits per heavy atom. The van der Waals surface area contributed by atoms with Crippen molar-refractivity contribution in [1.82, 2.24) is 4.31 Å². The van der Waals surface area contributed by atoms with Gasteiger partial charge in [0.2, 0.25) is 10.0 Å². The average Bonchev–Trinajstić information content (AvgIpc) is 2.62. The number of hydrogen-bond acceptors (Lipinski definition) is 5. The SMILES string of the molecule is CC(C)CS(=O)(=O)N1CC(S(=O)(=O)Cc2ccco2)C1. The molecule has 0 bridgehead atoms. The van der Waals surface area contributed by atoms with Crippen LogP contribution in [0.15, 0.2) is 22.8 Å². The molecule has 0 spiro atoms. The van der Waals surface area contributed by atoms with Crippen molar-refractivity contribution < 1.29 is 21.3 Å². The standard InChI is InChI=1S/C12H19NO5S2/c1-10(2)8-20(16,17)13-6-12(7-13)19(14,15)9-11-4-3-5-18-11/h3-5,10,12H,6-9H2,1-2H3. The molecule has 0 saturated carbocycles. The molecule has 0 N–H and O–H groups in total. The van der Waals surface area contributed by atoms with E-state index in [1.54, 1.807) is 12.1 Å². The van der Waals surface area contributed by atoms with E-state index in [1.165, 1.54) is 10.6 Å². The number of sulfone groups is 1. The van der Waals surface area contributed by atoms with Gasteiger partial charge in [-0.1, -0.05) is 13.8 Å². The van der Waals surface area contributed by atoms with Crippen molar-refractivity contribution in [2.75, 3.05) is 18.8 Å². The van der Waals surface area contributed by atoms with Crippen LogP contribution in [0.2, 0.25) is 0 Å². The third-order valence-electron chi connectivity index (χ3n) is 3.18. The first kappa shape index (κ1) is 15.5. The fourth-order valence-electron chi connectivity index (χ4n) is 2.09. The molecule has 1 aromatic heterocycles. The summed E-state index contributed by atoms with van der Waals surface area (Å²) in [6.07, 6.45) is 1.42. The first-order chi connectivity index (χ1) is 9.21. The van der Waals surface area contributed by atoms with Gasteiger partial charge in [0.1, 0.15) is 11.5 Å². The molecule has 1 aliphatic heterocycles. The Balaban J connectivity index is 1.96. The molecule has 2 rings (SSSR count). The Hall–Kier alpha value is -0.860. The second-order valence-electron chi connectivity index (χ2n) is 5.50. The summed E-state index contributed by atoms with van der Waals surface area (Å²) in [4.78, 5) is 0. The van der Waals surface area contributed by atoms with Gasteiger partial charge in [0.25, 0.3) is 0 Å². The lowest BCUT2D eigenvalue weighted by molar-refractivity contribution is 0.307. The Bertz CT molecular complexity index is 640. The normalized spacial score (nSPS) is 18.4. The second-order valence-corrected chi connectivity index (χ2v) is 9.79. The molecular weight excluding hydrogens is 302 g/mol. The topological polar surface area (TPSA) is 84.7 Å². The lowest BCUT2D eigenvalue weighted by Gasteiger charge is -2.37. The fraction of sp³-hybridized carbons (Fsp3) is 0.667. The van der Waals surface area contributed by atoms with Crippen molar-refractivity contribution in [2.45, 2.75) is 24.9 Å². The van der Waals surface area contributed by atoms with E-state index >= 15 is 0 Å². The molecule has 114 valence electrons. The summed E-state index contributed by atoms with van der Waals surface area (Å²) >= 11 is 0. The highest BCUT2D eigenvalue weighted by atomic mass is 32.2. The molecule has 2 heterocycles. The van der Waals surface area contributed by atoms with Crippen LogP contribution in [-0.4, -0.2) is 45.2 Å². The third kappa shape index (κ3) is 3.42. The Morgan fingerprint density at radius 2 is 1.95 bits per heavy atom. The van der Waals surface area contributed by atoms with Crippen LogP contribution in [0.25, 0.3) is 0 Å². The van der Waals surface area contributed by atoms with E-state index in [0.29, 0.717) is 5.76 Å². The molecule has 8 heteroatoms. The molecule has 1 saturated heterocycles. The minimum Gasteiger partial charge on any atom is -0.468 e. The molecule has 0 aliphatic carbocycles. The van der Waals surface area contributed by atoms with Crippen LogP contribution in [0, 0.1) is 5.92 Å². The van der Waals surface area contributed by atoms with Crippen LogP contribution < -0.4 is 0 Å². The Kier molecular flexibility index (Phi) is 4.27. The van der Waals surface area contributed by atoms with Crippen molar-refractivity contribution in [2.24, 2.45) is 5.92 Å². The fourth-order valence-corrected chi connectivity index (χ4v) is 5.76. The molecular formula is C12H19NO5S2. The molecule has 1 fully saturated rings. The van der Waals surface area contributed by atoms with Crippen molar-refractivity contribution >= 4 is 19.9 Å². The quantitative estimate of drug-likeness (QED) is 0.776. The molecule has 0 atom stereocenters. The predicted octanol–water partition coefficient (Wildman–Crippen LogP) is 0.864. The summed E-state index contributed by atoms with van der Waals surface area (Å²) in [5.41, 5.74) is 0. The first-order valence-corrected chi connectivity index (χ1v) is 9.75. The molecule has 0 unspecified atom stereocenters. The summed E-state index contributed by atoms with van der Waals surface area (Å²) in [5, 5.41) is -0.630. The molecule has 1 aromatic rings. The summed E-state index contributed by atoms with van der Waals surface area (Å²) in [6.45, 7) is 3.75. The van der Waals surface area contributed by atoms with E-state index in [-0.39, 0.29) is 30.5 Å². The van der Waals surface area contributed by atoms with Gasteiger partial charge >= 0.3 is 0 Å². The van der Waals surface area contributed by atoms with E-state index in [9.17, 15) is 16.8 Å². The zero-order valence-corrected chi connectivity index (χ0v) is 13.2. The van der Waals surface area contributed by atoms with Crippen LogP contribution in [0.3, 0.4) is 0 Å². The van der Waals surface area contributed by atoms with Crippen LogP contribution in [-0.2, 0) is 25.6 Å². The van der Waals surface area contributed by atoms with Crippen molar-refractivity contribution in [1.29, 1.82) is 0 Å². The zero-order valence-electron chi connectivity index (χ0n) is 11.5. The van der Waals surface area contributed by atoms with Crippen LogP contribution in [0.4, 0.5) is 0 Å². The van der Waals surface area contributed by atoms with Gasteiger partial charge < -0.3 is 4.42 Å². The summed E-state index contributed by atoms with van der Waals surface area (Å²) in [6, 6.07) is 3.23. The van der Waals surface area contributed by atoms with Crippen LogP contribution in [0.1, 0.15) is 19.6 Å². The number of hydrogen-bond donors (Lipinski definition) is 0. The summed E-state index contributed by atoms with van der Waals surface area (Å²) < 4.78 is 54.3. The highest BCUT2D eigenvalue weighted by Gasteiger charge is 2.43. The predicted molar refractivity (Wildman–Crippen MR) is 75.3 cm³/mol. The summed E-state index contributed by atoms with van der Waals surface area (Å²) in [5.74, 6) is 0.285. The van der Waals surface area contributed by atoms with E-state index in [0.717, 1.165) is 0 Å².